The maximum atomic E-state index is 9.10. The van der Waals surface area contributed by atoms with E-state index in [1.807, 2.05) is 24.4 Å². The van der Waals surface area contributed by atoms with Crippen LogP contribution in [0.4, 0.5) is 11.8 Å². The number of rotatable bonds is 4. The molecule has 0 radical (unpaired) electrons. The van der Waals surface area contributed by atoms with E-state index in [0.717, 1.165) is 49.9 Å². The van der Waals surface area contributed by atoms with Crippen LogP contribution in [0.1, 0.15) is 16.7 Å². The molecular formula is C21H26N6O. The van der Waals surface area contributed by atoms with Gasteiger partial charge in [0.05, 0.1) is 23.8 Å². The quantitative estimate of drug-likeness (QED) is 0.802. The fraction of sp³-hybridized carbons (Fsp3) is 0.476. The summed E-state index contributed by atoms with van der Waals surface area (Å²) < 4.78 is 5.68. The van der Waals surface area contributed by atoms with Gasteiger partial charge in [0.15, 0.2) is 0 Å². The van der Waals surface area contributed by atoms with Crippen LogP contribution in [-0.4, -0.2) is 67.9 Å². The van der Waals surface area contributed by atoms with E-state index in [4.69, 9.17) is 15.0 Å². The SMILES string of the molecule is CO[C@@H]1CN(c2ccnc(N3CCc4cc(C#N)ccc4C3)n2)C[C@@H]1N(C)C. The van der Waals surface area contributed by atoms with Gasteiger partial charge in [-0.1, -0.05) is 6.07 Å². The first kappa shape index (κ1) is 18.7. The first-order chi connectivity index (χ1) is 13.6. The summed E-state index contributed by atoms with van der Waals surface area (Å²) in [5, 5.41) is 9.10. The van der Waals surface area contributed by atoms with Crippen LogP contribution in [0.25, 0.3) is 0 Å². The number of aromatic nitrogens is 2. The molecule has 0 aliphatic carbocycles. The van der Waals surface area contributed by atoms with Crippen LogP contribution in [0.15, 0.2) is 30.5 Å². The highest BCUT2D eigenvalue weighted by Gasteiger charge is 2.35. The summed E-state index contributed by atoms with van der Waals surface area (Å²) in [6.45, 7) is 3.34. The van der Waals surface area contributed by atoms with Crippen molar-refractivity contribution >= 4 is 11.8 Å². The molecule has 1 aromatic heterocycles. The van der Waals surface area contributed by atoms with E-state index in [2.05, 4.69) is 45.9 Å². The molecule has 3 heterocycles. The molecule has 0 spiro atoms. The Balaban J connectivity index is 1.52. The summed E-state index contributed by atoms with van der Waals surface area (Å²) in [6, 6.07) is 10.5. The lowest BCUT2D eigenvalue weighted by molar-refractivity contribution is 0.0639. The summed E-state index contributed by atoms with van der Waals surface area (Å²) >= 11 is 0. The highest BCUT2D eigenvalue weighted by Crippen LogP contribution is 2.26. The molecule has 4 rings (SSSR count). The third-order valence-corrected chi connectivity index (χ3v) is 5.79. The number of fused-ring (bicyclic) bond motifs is 1. The molecule has 7 heteroatoms. The first-order valence-corrected chi connectivity index (χ1v) is 9.63. The fourth-order valence-electron chi connectivity index (χ4n) is 4.13. The van der Waals surface area contributed by atoms with Gasteiger partial charge in [-0.15, -0.1) is 0 Å². The Hall–Kier alpha value is -2.69. The van der Waals surface area contributed by atoms with Crippen molar-refractivity contribution in [3.05, 3.63) is 47.2 Å². The molecule has 2 aliphatic rings. The largest absolute Gasteiger partial charge is 0.378 e. The van der Waals surface area contributed by atoms with Crippen molar-refractivity contribution in [2.45, 2.75) is 25.1 Å². The zero-order chi connectivity index (χ0) is 19.7. The van der Waals surface area contributed by atoms with Gasteiger partial charge in [0.1, 0.15) is 5.82 Å². The minimum Gasteiger partial charge on any atom is -0.378 e. The van der Waals surface area contributed by atoms with Crippen molar-refractivity contribution in [3.63, 3.8) is 0 Å². The Kier molecular flexibility index (Phi) is 5.16. The molecule has 28 heavy (non-hydrogen) atoms. The molecule has 146 valence electrons. The van der Waals surface area contributed by atoms with Crippen molar-refractivity contribution in [3.8, 4) is 6.07 Å². The third kappa shape index (κ3) is 3.53. The van der Waals surface area contributed by atoms with Crippen molar-refractivity contribution < 1.29 is 4.74 Å². The average Bonchev–Trinajstić information content (AvgIpc) is 3.18. The van der Waals surface area contributed by atoms with Crippen molar-refractivity contribution in [1.82, 2.24) is 14.9 Å². The molecule has 2 aromatic rings. The van der Waals surface area contributed by atoms with Crippen LogP contribution in [0.5, 0.6) is 0 Å². The van der Waals surface area contributed by atoms with Gasteiger partial charge in [0.2, 0.25) is 5.95 Å². The zero-order valence-electron chi connectivity index (χ0n) is 16.7. The zero-order valence-corrected chi connectivity index (χ0v) is 16.7. The summed E-state index contributed by atoms with van der Waals surface area (Å²) in [5.41, 5.74) is 3.22. The molecule has 2 aliphatic heterocycles. The lowest BCUT2D eigenvalue weighted by Gasteiger charge is -2.29. The first-order valence-electron chi connectivity index (χ1n) is 9.63. The molecule has 0 bridgehead atoms. The van der Waals surface area contributed by atoms with E-state index >= 15 is 0 Å². The Labute approximate surface area is 166 Å². The second-order valence-corrected chi connectivity index (χ2v) is 7.69. The molecule has 0 saturated carbocycles. The molecule has 7 nitrogen and oxygen atoms in total. The number of nitrogens with zero attached hydrogens (tertiary/aromatic N) is 6. The summed E-state index contributed by atoms with van der Waals surface area (Å²) in [5.74, 6) is 1.71. The van der Waals surface area contributed by atoms with Gasteiger partial charge in [-0.3, -0.25) is 0 Å². The summed E-state index contributed by atoms with van der Waals surface area (Å²) in [7, 11) is 5.96. The average molecular weight is 378 g/mol. The van der Waals surface area contributed by atoms with Crippen LogP contribution >= 0.6 is 0 Å². The van der Waals surface area contributed by atoms with Gasteiger partial charge in [-0.2, -0.15) is 10.2 Å². The van der Waals surface area contributed by atoms with Crippen molar-refractivity contribution in [1.29, 1.82) is 5.26 Å². The van der Waals surface area contributed by atoms with E-state index in [1.165, 1.54) is 11.1 Å². The highest BCUT2D eigenvalue weighted by molar-refractivity contribution is 5.48. The third-order valence-electron chi connectivity index (χ3n) is 5.79. The van der Waals surface area contributed by atoms with Crippen molar-refractivity contribution in [2.75, 3.05) is 50.6 Å². The van der Waals surface area contributed by atoms with Gasteiger partial charge in [0.25, 0.3) is 0 Å². The molecular weight excluding hydrogens is 352 g/mol. The Morgan fingerprint density at radius 2 is 2.04 bits per heavy atom. The second kappa shape index (κ2) is 7.74. The molecule has 2 atom stereocenters. The lowest BCUT2D eigenvalue weighted by Crippen LogP contribution is -2.39. The van der Waals surface area contributed by atoms with E-state index < -0.39 is 0 Å². The van der Waals surface area contributed by atoms with Gasteiger partial charge in [-0.25, -0.2) is 4.98 Å². The Morgan fingerprint density at radius 1 is 1.18 bits per heavy atom. The van der Waals surface area contributed by atoms with Crippen LogP contribution < -0.4 is 9.80 Å². The van der Waals surface area contributed by atoms with E-state index in [0.29, 0.717) is 6.04 Å². The molecule has 1 saturated heterocycles. The topological polar surface area (TPSA) is 68.5 Å². The maximum Gasteiger partial charge on any atom is 0.227 e. The van der Waals surface area contributed by atoms with Crippen LogP contribution in [-0.2, 0) is 17.7 Å². The Bertz CT molecular complexity index is 893. The predicted octanol–water partition coefficient (Wildman–Crippen LogP) is 1.68. The Morgan fingerprint density at radius 3 is 2.75 bits per heavy atom. The minimum atomic E-state index is 0.171. The normalized spacial score (nSPS) is 21.7. The number of anilines is 2. The second-order valence-electron chi connectivity index (χ2n) is 7.69. The minimum absolute atomic E-state index is 0.171. The van der Waals surface area contributed by atoms with Crippen LogP contribution in [0.2, 0.25) is 0 Å². The summed E-state index contributed by atoms with van der Waals surface area (Å²) in [6.07, 6.45) is 2.91. The number of ether oxygens (including phenoxy) is 1. The molecule has 0 unspecified atom stereocenters. The van der Waals surface area contributed by atoms with Crippen LogP contribution in [0.3, 0.4) is 0 Å². The van der Waals surface area contributed by atoms with E-state index in [-0.39, 0.29) is 6.10 Å². The number of benzene rings is 1. The number of methoxy groups -OCH3 is 1. The number of likely N-dealkylation sites (N-methyl/N-ethyl adjacent to an activating group) is 1. The van der Waals surface area contributed by atoms with E-state index in [1.54, 1.807) is 7.11 Å². The van der Waals surface area contributed by atoms with E-state index in [9.17, 15) is 0 Å². The van der Waals surface area contributed by atoms with Crippen LogP contribution in [0, 0.1) is 11.3 Å². The van der Waals surface area contributed by atoms with Gasteiger partial charge < -0.3 is 19.4 Å². The molecule has 0 amide bonds. The lowest BCUT2D eigenvalue weighted by atomic mass is 9.98. The number of hydrogen-bond acceptors (Lipinski definition) is 7. The highest BCUT2D eigenvalue weighted by atomic mass is 16.5. The fourth-order valence-corrected chi connectivity index (χ4v) is 4.13. The maximum absolute atomic E-state index is 9.10. The molecule has 1 aromatic carbocycles. The number of hydrogen-bond donors (Lipinski definition) is 0. The standard InChI is InChI=1S/C21H26N6O/c1-25(2)18-13-27(14-19(18)28-3)20-6-8-23-21(24-20)26-9-7-16-10-15(11-22)4-5-17(16)12-26/h4-6,8,10,18-19H,7,9,12-14H2,1-3H3/t18-,19+/m0/s1. The van der Waals surface area contributed by atoms with Crippen molar-refractivity contribution in [2.24, 2.45) is 0 Å². The van der Waals surface area contributed by atoms with Gasteiger partial charge in [0, 0.05) is 39.5 Å². The number of nitriles is 1. The predicted molar refractivity (Wildman–Crippen MR) is 108 cm³/mol. The van der Waals surface area contributed by atoms with Gasteiger partial charge in [-0.05, 0) is 49.8 Å². The smallest absolute Gasteiger partial charge is 0.227 e. The molecule has 1 fully saturated rings. The van der Waals surface area contributed by atoms with Gasteiger partial charge >= 0.3 is 0 Å². The summed E-state index contributed by atoms with van der Waals surface area (Å²) in [4.78, 5) is 16.1. The molecule has 0 N–H and O–H groups in total. The monoisotopic (exact) mass is 378 g/mol.